The number of hydrogen-bond donors (Lipinski definition) is 0. The molecule has 0 aliphatic heterocycles. The Bertz CT molecular complexity index is 538. The Morgan fingerprint density at radius 1 is 1.00 bits per heavy atom. The van der Waals surface area contributed by atoms with Gasteiger partial charge in [-0.25, -0.2) is 13.2 Å². The van der Waals surface area contributed by atoms with Crippen molar-refractivity contribution in [2.24, 2.45) is 0 Å². The highest BCUT2D eigenvalue weighted by Crippen LogP contribution is 2.30. The highest BCUT2D eigenvalue weighted by atomic mass is 35.5. The van der Waals surface area contributed by atoms with Gasteiger partial charge in [0.25, 0.3) is 0 Å². The van der Waals surface area contributed by atoms with Crippen molar-refractivity contribution in [2.75, 3.05) is 0 Å². The standard InChI is InChI=1S/C12H5ClF3/c13-10-6-7(14)4-5-8(10)9-2-1-3-11(15)12(9)16/h1-2,4-6H. The van der Waals surface area contributed by atoms with Crippen molar-refractivity contribution in [3.05, 3.63) is 58.9 Å². The molecule has 2 aromatic carbocycles. The molecule has 0 unspecified atom stereocenters. The van der Waals surface area contributed by atoms with Crippen LogP contribution in [0, 0.1) is 23.5 Å². The highest BCUT2D eigenvalue weighted by molar-refractivity contribution is 6.33. The Morgan fingerprint density at radius 2 is 1.75 bits per heavy atom. The monoisotopic (exact) mass is 241 g/mol. The summed E-state index contributed by atoms with van der Waals surface area (Å²) in [6.07, 6.45) is 0. The fourth-order valence-corrected chi connectivity index (χ4v) is 1.64. The van der Waals surface area contributed by atoms with E-state index in [9.17, 15) is 13.2 Å². The quantitative estimate of drug-likeness (QED) is 0.701. The molecule has 2 aromatic rings. The van der Waals surface area contributed by atoms with E-state index in [2.05, 4.69) is 6.07 Å². The van der Waals surface area contributed by atoms with Crippen LogP contribution in [0.3, 0.4) is 0 Å². The Kier molecular flexibility index (Phi) is 2.88. The zero-order valence-electron chi connectivity index (χ0n) is 7.90. The van der Waals surface area contributed by atoms with Gasteiger partial charge in [-0.15, -0.1) is 0 Å². The van der Waals surface area contributed by atoms with E-state index in [1.54, 1.807) is 0 Å². The number of rotatable bonds is 1. The summed E-state index contributed by atoms with van der Waals surface area (Å²) in [4.78, 5) is 0. The lowest BCUT2D eigenvalue weighted by atomic mass is 10.0. The fourth-order valence-electron chi connectivity index (χ4n) is 1.37. The van der Waals surface area contributed by atoms with Gasteiger partial charge < -0.3 is 0 Å². The van der Waals surface area contributed by atoms with Gasteiger partial charge in [-0.05, 0) is 18.2 Å². The molecular weight excluding hydrogens is 237 g/mol. The van der Waals surface area contributed by atoms with Crippen LogP contribution in [0.1, 0.15) is 0 Å². The van der Waals surface area contributed by atoms with E-state index in [0.717, 1.165) is 12.1 Å². The van der Waals surface area contributed by atoms with Crippen LogP contribution in [0.4, 0.5) is 13.2 Å². The molecule has 0 aliphatic rings. The molecule has 0 heterocycles. The smallest absolute Gasteiger partial charge is 0.167 e. The van der Waals surface area contributed by atoms with Crippen molar-refractivity contribution < 1.29 is 13.2 Å². The normalized spacial score (nSPS) is 10.5. The summed E-state index contributed by atoms with van der Waals surface area (Å²) in [5.74, 6) is -2.66. The third kappa shape index (κ3) is 1.91. The molecule has 81 valence electrons. The first-order valence-corrected chi connectivity index (χ1v) is 4.78. The molecular formula is C12H5ClF3. The van der Waals surface area contributed by atoms with Crippen molar-refractivity contribution in [1.29, 1.82) is 0 Å². The maximum Gasteiger partial charge on any atom is 0.167 e. The van der Waals surface area contributed by atoms with Gasteiger partial charge in [0.15, 0.2) is 11.6 Å². The van der Waals surface area contributed by atoms with E-state index in [0.29, 0.717) is 0 Å². The van der Waals surface area contributed by atoms with Crippen molar-refractivity contribution >= 4 is 11.6 Å². The Labute approximate surface area is 95.3 Å². The molecule has 0 spiro atoms. The summed E-state index contributed by atoms with van der Waals surface area (Å²) < 4.78 is 39.1. The molecule has 0 aliphatic carbocycles. The second kappa shape index (κ2) is 4.18. The van der Waals surface area contributed by atoms with Crippen LogP contribution in [0.25, 0.3) is 11.1 Å². The number of benzene rings is 2. The van der Waals surface area contributed by atoms with Crippen molar-refractivity contribution in [3.8, 4) is 11.1 Å². The topological polar surface area (TPSA) is 0 Å². The van der Waals surface area contributed by atoms with Crippen LogP contribution in [-0.2, 0) is 0 Å². The molecule has 2 rings (SSSR count). The summed E-state index contributed by atoms with van der Waals surface area (Å²) in [7, 11) is 0. The van der Waals surface area contributed by atoms with Gasteiger partial charge in [0, 0.05) is 17.2 Å². The van der Waals surface area contributed by atoms with Crippen LogP contribution in [0.2, 0.25) is 5.02 Å². The van der Waals surface area contributed by atoms with Gasteiger partial charge in [0.2, 0.25) is 0 Å². The first-order chi connectivity index (χ1) is 7.59. The lowest BCUT2D eigenvalue weighted by Crippen LogP contribution is -1.90. The number of hydrogen-bond acceptors (Lipinski definition) is 0. The van der Waals surface area contributed by atoms with Gasteiger partial charge in [0.1, 0.15) is 5.82 Å². The first kappa shape index (κ1) is 11.0. The van der Waals surface area contributed by atoms with E-state index >= 15 is 0 Å². The lowest BCUT2D eigenvalue weighted by molar-refractivity contribution is 0.509. The fraction of sp³-hybridized carbons (Fsp3) is 0. The van der Waals surface area contributed by atoms with Crippen molar-refractivity contribution in [3.63, 3.8) is 0 Å². The van der Waals surface area contributed by atoms with Gasteiger partial charge >= 0.3 is 0 Å². The SMILES string of the molecule is Fc1ccc(-c2cc[c]c(F)c2F)c(Cl)c1. The second-order valence-electron chi connectivity index (χ2n) is 3.14. The second-order valence-corrected chi connectivity index (χ2v) is 3.55. The Balaban J connectivity index is 2.63. The third-order valence-corrected chi connectivity index (χ3v) is 2.42. The molecule has 4 heteroatoms. The first-order valence-electron chi connectivity index (χ1n) is 4.40. The Morgan fingerprint density at radius 3 is 2.44 bits per heavy atom. The molecule has 1 radical (unpaired) electrons. The van der Waals surface area contributed by atoms with Crippen LogP contribution < -0.4 is 0 Å². The van der Waals surface area contributed by atoms with Crippen LogP contribution >= 0.6 is 11.6 Å². The molecule has 0 atom stereocenters. The molecule has 0 saturated heterocycles. The molecule has 0 bridgehead atoms. The maximum absolute atomic E-state index is 13.4. The van der Waals surface area contributed by atoms with E-state index in [4.69, 9.17) is 11.6 Å². The third-order valence-electron chi connectivity index (χ3n) is 2.11. The minimum absolute atomic E-state index is 0.0127. The van der Waals surface area contributed by atoms with Crippen LogP contribution in [-0.4, -0.2) is 0 Å². The zero-order chi connectivity index (χ0) is 11.7. The van der Waals surface area contributed by atoms with Gasteiger partial charge in [-0.1, -0.05) is 23.7 Å². The minimum atomic E-state index is -1.09. The summed E-state index contributed by atoms with van der Waals surface area (Å²) in [6, 6.07) is 8.14. The van der Waals surface area contributed by atoms with Gasteiger partial charge in [0.05, 0.1) is 5.02 Å². The molecule has 0 nitrogen and oxygen atoms in total. The molecule has 0 aromatic heterocycles. The van der Waals surface area contributed by atoms with E-state index < -0.39 is 17.5 Å². The predicted octanol–water partition coefficient (Wildman–Crippen LogP) is 4.22. The highest BCUT2D eigenvalue weighted by Gasteiger charge is 2.12. The van der Waals surface area contributed by atoms with Gasteiger partial charge in [-0.3, -0.25) is 0 Å². The van der Waals surface area contributed by atoms with Crippen molar-refractivity contribution in [2.45, 2.75) is 0 Å². The largest absolute Gasteiger partial charge is 0.207 e. The summed E-state index contributed by atoms with van der Waals surface area (Å²) >= 11 is 5.75. The van der Waals surface area contributed by atoms with E-state index in [1.807, 2.05) is 0 Å². The maximum atomic E-state index is 13.4. The summed E-state index contributed by atoms with van der Waals surface area (Å²) in [5.41, 5.74) is 0.231. The van der Waals surface area contributed by atoms with Gasteiger partial charge in [-0.2, -0.15) is 0 Å². The predicted molar refractivity (Wildman–Crippen MR) is 55.6 cm³/mol. The molecule has 0 N–H and O–H groups in total. The molecule has 0 saturated carbocycles. The summed E-state index contributed by atoms with van der Waals surface area (Å²) in [6.45, 7) is 0. The minimum Gasteiger partial charge on any atom is -0.207 e. The molecule has 16 heavy (non-hydrogen) atoms. The average Bonchev–Trinajstić information content (AvgIpc) is 2.23. The molecule has 0 amide bonds. The van der Waals surface area contributed by atoms with Crippen molar-refractivity contribution in [1.82, 2.24) is 0 Å². The van der Waals surface area contributed by atoms with Crippen LogP contribution in [0.15, 0.2) is 30.3 Å². The zero-order valence-corrected chi connectivity index (χ0v) is 8.65. The van der Waals surface area contributed by atoms with E-state index in [-0.39, 0.29) is 16.1 Å². The average molecular weight is 242 g/mol. The lowest BCUT2D eigenvalue weighted by Gasteiger charge is -2.06. The summed E-state index contributed by atoms with van der Waals surface area (Å²) in [5, 5.41) is 0.0319. The molecule has 0 fully saturated rings. The number of halogens is 4. The van der Waals surface area contributed by atoms with Crippen LogP contribution in [0.5, 0.6) is 0 Å². The Hall–Kier alpha value is -1.48. The van der Waals surface area contributed by atoms with E-state index in [1.165, 1.54) is 18.2 Å².